The molecule has 1 unspecified atom stereocenters. The summed E-state index contributed by atoms with van der Waals surface area (Å²) >= 11 is 0. The van der Waals surface area contributed by atoms with Gasteiger partial charge in [0.2, 0.25) is 5.91 Å². The molecule has 0 aliphatic carbocycles. The van der Waals surface area contributed by atoms with Crippen LogP contribution in [0.4, 0.5) is 0 Å². The van der Waals surface area contributed by atoms with Gasteiger partial charge in [-0.1, -0.05) is 12.1 Å². The summed E-state index contributed by atoms with van der Waals surface area (Å²) in [5.74, 6) is -0.510. The van der Waals surface area contributed by atoms with Crippen molar-refractivity contribution >= 4 is 5.91 Å². The van der Waals surface area contributed by atoms with Crippen molar-refractivity contribution in [2.75, 3.05) is 6.61 Å². The highest BCUT2D eigenvalue weighted by Crippen LogP contribution is 2.35. The van der Waals surface area contributed by atoms with Gasteiger partial charge in [-0.15, -0.1) is 0 Å². The van der Waals surface area contributed by atoms with Gasteiger partial charge in [0.1, 0.15) is 29.6 Å². The number of carbonyl (C=O) groups is 1. The molecular weight excluding hydrogens is 332 g/mol. The average molecular weight is 356 g/mol. The van der Waals surface area contributed by atoms with E-state index in [0.717, 1.165) is 0 Å². The molecule has 1 aliphatic rings. The molecule has 0 aromatic heterocycles. The van der Waals surface area contributed by atoms with Gasteiger partial charge >= 0.3 is 0 Å². The largest absolute Gasteiger partial charge is 0.508 e. The zero-order chi connectivity index (χ0) is 18.8. The van der Waals surface area contributed by atoms with E-state index in [1.165, 1.54) is 19.1 Å². The lowest BCUT2D eigenvalue weighted by molar-refractivity contribution is -0.286. The van der Waals surface area contributed by atoms with E-state index in [0.29, 0.717) is 5.56 Å². The molecule has 0 radical (unpaired) electrons. The van der Waals surface area contributed by atoms with Gasteiger partial charge in [0.25, 0.3) is 0 Å². The topological polar surface area (TPSA) is 166 Å². The molecule has 25 heavy (non-hydrogen) atoms. The number of hydrogen-bond donors (Lipinski definition) is 7. The number of benzene rings is 1. The van der Waals surface area contributed by atoms with Crippen LogP contribution < -0.4 is 11.1 Å². The summed E-state index contributed by atoms with van der Waals surface area (Å²) in [5.41, 5.74) is 4.95. The molecule has 9 nitrogen and oxygen atoms in total. The summed E-state index contributed by atoms with van der Waals surface area (Å²) in [4.78, 5) is 11.6. The second kappa shape index (κ2) is 7.65. The standard InChI is InChI=1S/C16H24N2O7/c1-8(20)18-16(6-11(17)9-2-4-10(21)5-3-9)14(23)13(22)12(7-19)25-15(16)24/h2-5,11-15,19,21-24H,6-7,17H2,1H3,(H,18,20)/t11?,12-,13+,14+,15+,16-/m1/s1. The Bertz CT molecular complexity index is 597. The first-order chi connectivity index (χ1) is 11.7. The quantitative estimate of drug-likeness (QED) is 0.321. The van der Waals surface area contributed by atoms with Gasteiger partial charge in [0, 0.05) is 13.0 Å². The number of aliphatic hydroxyl groups excluding tert-OH is 4. The summed E-state index contributed by atoms with van der Waals surface area (Å²) in [6.45, 7) is 0.577. The number of amides is 1. The molecule has 140 valence electrons. The molecule has 0 spiro atoms. The van der Waals surface area contributed by atoms with Gasteiger partial charge < -0.3 is 41.3 Å². The Kier molecular flexibility index (Phi) is 5.99. The second-order valence-corrected chi connectivity index (χ2v) is 6.27. The van der Waals surface area contributed by atoms with Crippen LogP contribution in [0.3, 0.4) is 0 Å². The van der Waals surface area contributed by atoms with Crippen molar-refractivity contribution in [2.45, 2.75) is 49.5 Å². The first kappa shape index (κ1) is 19.6. The molecule has 8 N–H and O–H groups in total. The van der Waals surface area contributed by atoms with Crippen molar-refractivity contribution in [3.63, 3.8) is 0 Å². The zero-order valence-electron chi connectivity index (χ0n) is 13.7. The van der Waals surface area contributed by atoms with Crippen molar-refractivity contribution in [1.29, 1.82) is 0 Å². The number of phenols is 1. The zero-order valence-corrected chi connectivity index (χ0v) is 13.7. The number of nitrogens with two attached hydrogens (primary N) is 1. The first-order valence-corrected chi connectivity index (χ1v) is 7.85. The molecule has 0 bridgehead atoms. The van der Waals surface area contributed by atoms with Crippen LogP contribution in [-0.4, -0.2) is 68.2 Å². The number of ether oxygens (including phenoxy) is 1. The molecule has 1 saturated heterocycles. The molecular formula is C16H24N2O7. The maximum absolute atomic E-state index is 11.6. The molecule has 1 fully saturated rings. The van der Waals surface area contributed by atoms with Crippen molar-refractivity contribution in [3.05, 3.63) is 29.8 Å². The summed E-state index contributed by atoms with van der Waals surface area (Å²) in [7, 11) is 0. The van der Waals surface area contributed by atoms with Crippen molar-refractivity contribution in [2.24, 2.45) is 5.73 Å². The van der Waals surface area contributed by atoms with Gasteiger partial charge in [-0.25, -0.2) is 0 Å². The van der Waals surface area contributed by atoms with E-state index in [1.54, 1.807) is 12.1 Å². The van der Waals surface area contributed by atoms with Gasteiger partial charge in [0.15, 0.2) is 6.29 Å². The predicted molar refractivity (Wildman–Crippen MR) is 86.2 cm³/mol. The monoisotopic (exact) mass is 356 g/mol. The Balaban J connectivity index is 2.33. The molecule has 1 aromatic rings. The van der Waals surface area contributed by atoms with E-state index in [2.05, 4.69) is 5.32 Å². The minimum atomic E-state index is -1.77. The number of nitrogens with one attached hydrogen (secondary N) is 1. The Morgan fingerprint density at radius 2 is 1.92 bits per heavy atom. The number of phenolic OH excluding ortho intramolecular Hbond substituents is 1. The molecule has 6 atom stereocenters. The van der Waals surface area contributed by atoms with E-state index in [1.807, 2.05) is 0 Å². The van der Waals surface area contributed by atoms with Gasteiger partial charge in [0.05, 0.1) is 6.61 Å². The van der Waals surface area contributed by atoms with Gasteiger partial charge in [-0.05, 0) is 24.1 Å². The lowest BCUT2D eigenvalue weighted by Crippen LogP contribution is -2.73. The van der Waals surface area contributed by atoms with E-state index in [4.69, 9.17) is 10.5 Å². The van der Waals surface area contributed by atoms with Crippen LogP contribution in [-0.2, 0) is 9.53 Å². The fraction of sp³-hybridized carbons (Fsp3) is 0.562. The van der Waals surface area contributed by atoms with Gasteiger partial charge in [-0.3, -0.25) is 4.79 Å². The second-order valence-electron chi connectivity index (χ2n) is 6.27. The van der Waals surface area contributed by atoms with Crippen LogP contribution in [0.25, 0.3) is 0 Å². The highest BCUT2D eigenvalue weighted by molar-refractivity contribution is 5.74. The predicted octanol–water partition coefficient (Wildman–Crippen LogP) is -1.91. The van der Waals surface area contributed by atoms with Crippen LogP contribution in [0.15, 0.2) is 24.3 Å². The summed E-state index contributed by atoms with van der Waals surface area (Å²) in [6.07, 6.45) is -6.21. The third kappa shape index (κ3) is 3.92. The third-order valence-electron chi connectivity index (χ3n) is 4.44. The normalized spacial score (nSPS) is 33.7. The molecule has 1 aromatic carbocycles. The molecule has 1 amide bonds. The lowest BCUT2D eigenvalue weighted by atomic mass is 9.77. The Labute approximate surface area is 144 Å². The van der Waals surface area contributed by atoms with Crippen molar-refractivity contribution in [3.8, 4) is 5.75 Å². The van der Waals surface area contributed by atoms with Gasteiger partial charge in [-0.2, -0.15) is 0 Å². The molecule has 2 rings (SSSR count). The smallest absolute Gasteiger partial charge is 0.217 e. The van der Waals surface area contributed by atoms with Crippen molar-refractivity contribution < 1.29 is 35.1 Å². The van der Waals surface area contributed by atoms with Crippen LogP contribution in [0.2, 0.25) is 0 Å². The highest BCUT2D eigenvalue weighted by Gasteiger charge is 2.56. The molecule has 1 aliphatic heterocycles. The number of aromatic hydroxyl groups is 1. The number of hydrogen-bond acceptors (Lipinski definition) is 8. The van der Waals surface area contributed by atoms with Crippen LogP contribution >= 0.6 is 0 Å². The van der Waals surface area contributed by atoms with E-state index in [9.17, 15) is 30.3 Å². The van der Waals surface area contributed by atoms with Crippen molar-refractivity contribution in [1.82, 2.24) is 5.32 Å². The lowest BCUT2D eigenvalue weighted by Gasteiger charge is -2.50. The van der Waals surface area contributed by atoms with E-state index in [-0.39, 0.29) is 12.2 Å². The fourth-order valence-electron chi connectivity index (χ4n) is 3.11. The third-order valence-corrected chi connectivity index (χ3v) is 4.44. The maximum atomic E-state index is 11.6. The minimum Gasteiger partial charge on any atom is -0.508 e. The molecule has 0 saturated carbocycles. The molecule has 9 heteroatoms. The average Bonchev–Trinajstić information content (AvgIpc) is 2.56. The number of carbonyl (C=O) groups excluding carboxylic acids is 1. The molecule has 1 heterocycles. The van der Waals surface area contributed by atoms with E-state index < -0.39 is 48.7 Å². The summed E-state index contributed by atoms with van der Waals surface area (Å²) in [6, 6.07) is 5.24. The van der Waals surface area contributed by atoms with Crippen LogP contribution in [0.1, 0.15) is 24.9 Å². The number of aliphatic hydroxyl groups is 4. The SMILES string of the molecule is CC(=O)N[C@@]1(CC(N)c2ccc(O)cc2)[C@@H](O)O[C@H](CO)[C@H](O)[C@@H]1O. The van der Waals surface area contributed by atoms with Crippen LogP contribution in [0.5, 0.6) is 5.75 Å². The Hall–Kier alpha value is -1.75. The highest BCUT2D eigenvalue weighted by atomic mass is 16.6. The maximum Gasteiger partial charge on any atom is 0.217 e. The summed E-state index contributed by atoms with van der Waals surface area (Å²) in [5, 5.41) is 52.1. The summed E-state index contributed by atoms with van der Waals surface area (Å²) < 4.78 is 5.18. The Morgan fingerprint density at radius 1 is 1.32 bits per heavy atom. The van der Waals surface area contributed by atoms with Crippen LogP contribution in [0, 0.1) is 0 Å². The van der Waals surface area contributed by atoms with E-state index >= 15 is 0 Å². The number of rotatable bonds is 5. The fourth-order valence-corrected chi connectivity index (χ4v) is 3.11. The Morgan fingerprint density at radius 3 is 2.44 bits per heavy atom. The minimum absolute atomic E-state index is 0.0507. The first-order valence-electron chi connectivity index (χ1n) is 7.85.